The predicted octanol–water partition coefficient (Wildman–Crippen LogP) is 1.55. The third kappa shape index (κ3) is 5.51. The summed E-state index contributed by atoms with van der Waals surface area (Å²) in [6.45, 7) is 4.16. The normalized spacial score (nSPS) is 10.3. The van der Waals surface area contributed by atoms with Crippen LogP contribution in [0.2, 0.25) is 5.15 Å². The highest BCUT2D eigenvalue weighted by atomic mass is 35.5. The number of anilines is 1. The molecule has 0 atom stereocenters. The van der Waals surface area contributed by atoms with Crippen LogP contribution in [-0.2, 0) is 9.47 Å². The molecule has 0 aliphatic carbocycles. The highest BCUT2D eigenvalue weighted by molar-refractivity contribution is 6.29. The molecule has 0 fully saturated rings. The molecule has 0 saturated carbocycles. The van der Waals surface area contributed by atoms with E-state index < -0.39 is 0 Å². The number of rotatable bonds is 7. The van der Waals surface area contributed by atoms with Crippen molar-refractivity contribution in [2.75, 3.05) is 31.9 Å². The highest BCUT2D eigenvalue weighted by Gasteiger charge is 1.94. The number of aromatic nitrogens is 2. The first-order valence-electron chi connectivity index (χ1n) is 4.70. The summed E-state index contributed by atoms with van der Waals surface area (Å²) in [6.07, 6.45) is 3.06. The van der Waals surface area contributed by atoms with Crippen molar-refractivity contribution in [3.05, 3.63) is 17.5 Å². The third-order valence-electron chi connectivity index (χ3n) is 1.54. The van der Waals surface area contributed by atoms with Gasteiger partial charge in [-0.25, -0.2) is 4.98 Å². The molecule has 0 bridgehead atoms. The molecule has 1 aromatic rings. The summed E-state index contributed by atoms with van der Waals surface area (Å²) in [5, 5.41) is 3.28. The second-order valence-corrected chi connectivity index (χ2v) is 3.04. The van der Waals surface area contributed by atoms with Crippen molar-refractivity contribution in [3.8, 4) is 0 Å². The Morgan fingerprint density at radius 1 is 1.33 bits per heavy atom. The number of ether oxygens (including phenoxy) is 2. The van der Waals surface area contributed by atoms with Crippen LogP contribution in [0.4, 0.5) is 5.82 Å². The summed E-state index contributed by atoms with van der Waals surface area (Å²) in [5.41, 5.74) is 0. The van der Waals surface area contributed by atoms with Crippen LogP contribution in [0.1, 0.15) is 6.92 Å². The Kier molecular flexibility index (Phi) is 5.99. The molecule has 15 heavy (non-hydrogen) atoms. The Morgan fingerprint density at radius 2 is 2.13 bits per heavy atom. The van der Waals surface area contributed by atoms with Gasteiger partial charge in [-0.15, -0.1) is 0 Å². The van der Waals surface area contributed by atoms with Gasteiger partial charge in [0.25, 0.3) is 0 Å². The Balaban J connectivity index is 2.10. The molecular formula is C9H14ClN3O2. The minimum Gasteiger partial charge on any atom is -0.379 e. The zero-order valence-electron chi connectivity index (χ0n) is 8.57. The molecule has 0 spiro atoms. The van der Waals surface area contributed by atoms with Crippen LogP contribution in [0.3, 0.4) is 0 Å². The SMILES string of the molecule is CCOCCOCNc1cncc(Cl)n1. The lowest BCUT2D eigenvalue weighted by molar-refractivity contribution is 0.0603. The van der Waals surface area contributed by atoms with Gasteiger partial charge in [0.1, 0.15) is 17.7 Å². The first-order chi connectivity index (χ1) is 7.33. The number of hydrogen-bond acceptors (Lipinski definition) is 5. The predicted molar refractivity (Wildman–Crippen MR) is 58.0 cm³/mol. The number of halogens is 1. The fourth-order valence-corrected chi connectivity index (χ4v) is 1.03. The van der Waals surface area contributed by atoms with E-state index in [1.54, 1.807) is 6.20 Å². The van der Waals surface area contributed by atoms with E-state index in [1.165, 1.54) is 6.20 Å². The maximum Gasteiger partial charge on any atom is 0.149 e. The lowest BCUT2D eigenvalue weighted by Gasteiger charge is -2.06. The van der Waals surface area contributed by atoms with Gasteiger partial charge >= 0.3 is 0 Å². The first-order valence-corrected chi connectivity index (χ1v) is 5.07. The van der Waals surface area contributed by atoms with Gasteiger partial charge in [0, 0.05) is 6.61 Å². The molecule has 0 aliphatic rings. The van der Waals surface area contributed by atoms with Crippen molar-refractivity contribution in [2.24, 2.45) is 0 Å². The maximum atomic E-state index is 5.65. The molecule has 1 aromatic heterocycles. The smallest absolute Gasteiger partial charge is 0.149 e. The van der Waals surface area contributed by atoms with Crippen molar-refractivity contribution in [1.29, 1.82) is 0 Å². The van der Waals surface area contributed by atoms with E-state index in [-0.39, 0.29) is 0 Å². The Bertz CT molecular complexity index is 286. The molecule has 0 amide bonds. The maximum absolute atomic E-state index is 5.65. The lowest BCUT2D eigenvalue weighted by atomic mass is 10.6. The van der Waals surface area contributed by atoms with Crippen LogP contribution in [0.5, 0.6) is 0 Å². The molecule has 0 saturated heterocycles. The van der Waals surface area contributed by atoms with E-state index in [1.807, 2.05) is 6.92 Å². The zero-order valence-corrected chi connectivity index (χ0v) is 9.33. The van der Waals surface area contributed by atoms with Gasteiger partial charge in [-0.3, -0.25) is 4.98 Å². The van der Waals surface area contributed by atoms with Gasteiger partial charge in [-0.2, -0.15) is 0 Å². The fraction of sp³-hybridized carbons (Fsp3) is 0.556. The van der Waals surface area contributed by atoms with Crippen LogP contribution in [0.15, 0.2) is 12.4 Å². The van der Waals surface area contributed by atoms with Crippen molar-refractivity contribution >= 4 is 17.4 Å². The average molecular weight is 232 g/mol. The molecule has 0 aliphatic heterocycles. The van der Waals surface area contributed by atoms with Crippen molar-refractivity contribution in [2.45, 2.75) is 6.92 Å². The average Bonchev–Trinajstić information content (AvgIpc) is 2.23. The van der Waals surface area contributed by atoms with E-state index in [2.05, 4.69) is 15.3 Å². The Labute approximate surface area is 93.8 Å². The summed E-state index contributed by atoms with van der Waals surface area (Å²) >= 11 is 5.65. The van der Waals surface area contributed by atoms with E-state index in [4.69, 9.17) is 21.1 Å². The molecule has 84 valence electrons. The Hall–Kier alpha value is -0.910. The molecular weight excluding hydrogens is 218 g/mol. The summed E-state index contributed by atoms with van der Waals surface area (Å²) in [4.78, 5) is 7.86. The molecule has 1 rings (SSSR count). The Morgan fingerprint density at radius 3 is 2.87 bits per heavy atom. The summed E-state index contributed by atoms with van der Waals surface area (Å²) in [7, 11) is 0. The summed E-state index contributed by atoms with van der Waals surface area (Å²) in [5.74, 6) is 0.596. The van der Waals surface area contributed by atoms with Gasteiger partial charge in [-0.05, 0) is 6.92 Å². The largest absolute Gasteiger partial charge is 0.379 e. The second-order valence-electron chi connectivity index (χ2n) is 2.65. The van der Waals surface area contributed by atoms with Crippen LogP contribution < -0.4 is 5.32 Å². The van der Waals surface area contributed by atoms with Crippen LogP contribution in [0, 0.1) is 0 Å². The number of nitrogens with zero attached hydrogens (tertiary/aromatic N) is 2. The van der Waals surface area contributed by atoms with Crippen molar-refractivity contribution in [1.82, 2.24) is 9.97 Å². The lowest BCUT2D eigenvalue weighted by Crippen LogP contribution is -2.11. The quantitative estimate of drug-likeness (QED) is 0.570. The van der Waals surface area contributed by atoms with Crippen molar-refractivity contribution in [3.63, 3.8) is 0 Å². The van der Waals surface area contributed by atoms with Crippen LogP contribution in [-0.4, -0.2) is 36.5 Å². The van der Waals surface area contributed by atoms with Gasteiger partial charge < -0.3 is 14.8 Å². The molecule has 0 aromatic carbocycles. The minimum absolute atomic E-state index is 0.356. The minimum atomic E-state index is 0.356. The van der Waals surface area contributed by atoms with E-state index in [0.29, 0.717) is 37.5 Å². The molecule has 0 unspecified atom stereocenters. The standard InChI is InChI=1S/C9H14ClN3O2/c1-2-14-3-4-15-7-12-9-6-11-5-8(10)13-9/h5-6H,2-4,7H2,1H3,(H,12,13). The van der Waals surface area contributed by atoms with E-state index in [0.717, 1.165) is 0 Å². The van der Waals surface area contributed by atoms with Gasteiger partial charge in [0.05, 0.1) is 25.6 Å². The van der Waals surface area contributed by atoms with Crippen LogP contribution >= 0.6 is 11.6 Å². The van der Waals surface area contributed by atoms with E-state index in [9.17, 15) is 0 Å². The molecule has 0 radical (unpaired) electrons. The number of nitrogens with one attached hydrogen (secondary N) is 1. The van der Waals surface area contributed by atoms with Crippen LogP contribution in [0.25, 0.3) is 0 Å². The third-order valence-corrected chi connectivity index (χ3v) is 1.72. The topological polar surface area (TPSA) is 56.3 Å². The molecule has 1 heterocycles. The van der Waals surface area contributed by atoms with Crippen molar-refractivity contribution < 1.29 is 9.47 Å². The van der Waals surface area contributed by atoms with Gasteiger partial charge in [0.15, 0.2) is 0 Å². The van der Waals surface area contributed by atoms with Gasteiger partial charge in [0.2, 0.25) is 0 Å². The monoisotopic (exact) mass is 231 g/mol. The number of hydrogen-bond donors (Lipinski definition) is 1. The van der Waals surface area contributed by atoms with E-state index >= 15 is 0 Å². The highest BCUT2D eigenvalue weighted by Crippen LogP contribution is 2.05. The van der Waals surface area contributed by atoms with Gasteiger partial charge in [-0.1, -0.05) is 11.6 Å². The molecule has 6 heteroatoms. The summed E-state index contributed by atoms with van der Waals surface area (Å²) in [6, 6.07) is 0. The second kappa shape index (κ2) is 7.39. The molecule has 1 N–H and O–H groups in total. The summed E-state index contributed by atoms with van der Waals surface area (Å²) < 4.78 is 10.3. The zero-order chi connectivity index (χ0) is 10.9. The molecule has 5 nitrogen and oxygen atoms in total. The first kappa shape index (κ1) is 12.2. The fourth-order valence-electron chi connectivity index (χ4n) is 0.887.